The van der Waals surface area contributed by atoms with Gasteiger partial charge >= 0.3 is 0 Å². The van der Waals surface area contributed by atoms with Crippen LogP contribution in [-0.4, -0.2) is 43.2 Å². The van der Waals surface area contributed by atoms with Gasteiger partial charge in [-0.2, -0.15) is 5.10 Å². The van der Waals surface area contributed by atoms with Crippen molar-refractivity contribution >= 4 is 5.91 Å². The number of H-pyrrole nitrogens is 1. The first kappa shape index (κ1) is 14.2. The van der Waals surface area contributed by atoms with Crippen molar-refractivity contribution < 1.29 is 14.3 Å². The first-order valence-electron chi connectivity index (χ1n) is 6.17. The van der Waals surface area contributed by atoms with Gasteiger partial charge in [0.2, 0.25) is 0 Å². The fourth-order valence-electron chi connectivity index (χ4n) is 1.76. The van der Waals surface area contributed by atoms with Gasteiger partial charge in [-0.05, 0) is 17.7 Å². The second-order valence-corrected chi connectivity index (χ2v) is 4.18. The number of methoxy groups -OCH3 is 2. The number of carbonyl (C=O) groups is 1. The van der Waals surface area contributed by atoms with E-state index in [2.05, 4.69) is 15.5 Å². The van der Waals surface area contributed by atoms with E-state index in [1.807, 2.05) is 12.1 Å². The molecule has 1 aromatic carbocycles. The van der Waals surface area contributed by atoms with Crippen LogP contribution >= 0.6 is 0 Å². The zero-order chi connectivity index (χ0) is 14.4. The highest BCUT2D eigenvalue weighted by molar-refractivity contribution is 5.94. The van der Waals surface area contributed by atoms with Gasteiger partial charge in [0, 0.05) is 31.5 Å². The Morgan fingerprint density at radius 2 is 1.95 bits per heavy atom. The molecule has 20 heavy (non-hydrogen) atoms. The number of amides is 1. The Morgan fingerprint density at radius 1 is 1.25 bits per heavy atom. The summed E-state index contributed by atoms with van der Waals surface area (Å²) in [5.74, 6) is -0.164. The van der Waals surface area contributed by atoms with Crippen LogP contribution in [-0.2, 0) is 9.47 Å². The zero-order valence-electron chi connectivity index (χ0n) is 11.4. The molecule has 0 aliphatic heterocycles. The SMILES string of the molecule is COC(CNC(=O)c1ccc(-c2cn[nH]c2)cc1)OC. The van der Waals surface area contributed by atoms with Crippen LogP contribution < -0.4 is 5.32 Å². The minimum absolute atomic E-state index is 0.164. The van der Waals surface area contributed by atoms with Crippen LogP contribution in [0.4, 0.5) is 0 Å². The van der Waals surface area contributed by atoms with E-state index in [4.69, 9.17) is 9.47 Å². The van der Waals surface area contributed by atoms with Crippen LogP contribution in [0.5, 0.6) is 0 Å². The van der Waals surface area contributed by atoms with Crippen molar-refractivity contribution in [1.82, 2.24) is 15.5 Å². The number of benzene rings is 1. The Balaban J connectivity index is 1.97. The predicted molar refractivity (Wildman–Crippen MR) is 74.2 cm³/mol. The van der Waals surface area contributed by atoms with E-state index in [-0.39, 0.29) is 5.91 Å². The highest BCUT2D eigenvalue weighted by atomic mass is 16.7. The summed E-state index contributed by atoms with van der Waals surface area (Å²) in [7, 11) is 3.06. The Morgan fingerprint density at radius 3 is 2.50 bits per heavy atom. The molecule has 0 aliphatic carbocycles. The smallest absolute Gasteiger partial charge is 0.251 e. The third-order valence-electron chi connectivity index (χ3n) is 2.93. The second kappa shape index (κ2) is 6.83. The lowest BCUT2D eigenvalue weighted by atomic mass is 10.1. The highest BCUT2D eigenvalue weighted by Gasteiger charge is 2.10. The van der Waals surface area contributed by atoms with E-state index < -0.39 is 6.29 Å². The largest absolute Gasteiger partial charge is 0.354 e. The van der Waals surface area contributed by atoms with Gasteiger partial charge < -0.3 is 14.8 Å². The Kier molecular flexibility index (Phi) is 4.86. The minimum atomic E-state index is -0.441. The fourth-order valence-corrected chi connectivity index (χ4v) is 1.76. The number of rotatable bonds is 6. The van der Waals surface area contributed by atoms with Gasteiger partial charge in [-0.15, -0.1) is 0 Å². The van der Waals surface area contributed by atoms with Crippen LogP contribution in [0.2, 0.25) is 0 Å². The highest BCUT2D eigenvalue weighted by Crippen LogP contribution is 2.17. The Labute approximate surface area is 117 Å². The maximum absolute atomic E-state index is 11.9. The summed E-state index contributed by atoms with van der Waals surface area (Å²) in [6.07, 6.45) is 3.09. The third kappa shape index (κ3) is 3.43. The molecular formula is C14H17N3O3. The normalized spacial score (nSPS) is 10.8. The molecule has 2 rings (SSSR count). The quantitative estimate of drug-likeness (QED) is 0.782. The number of carbonyl (C=O) groups excluding carboxylic acids is 1. The van der Waals surface area contributed by atoms with E-state index in [9.17, 15) is 4.79 Å². The number of hydrogen-bond donors (Lipinski definition) is 2. The molecule has 1 amide bonds. The minimum Gasteiger partial charge on any atom is -0.354 e. The van der Waals surface area contributed by atoms with Gasteiger partial charge in [0.25, 0.3) is 5.91 Å². The van der Waals surface area contributed by atoms with Crippen molar-refractivity contribution in [2.75, 3.05) is 20.8 Å². The first-order valence-corrected chi connectivity index (χ1v) is 6.17. The second-order valence-electron chi connectivity index (χ2n) is 4.18. The molecule has 0 fully saturated rings. The van der Waals surface area contributed by atoms with Crippen molar-refractivity contribution in [3.63, 3.8) is 0 Å². The monoisotopic (exact) mass is 275 g/mol. The Hall–Kier alpha value is -2.18. The molecule has 0 unspecified atom stereocenters. The average molecular weight is 275 g/mol. The summed E-state index contributed by atoms with van der Waals surface area (Å²) in [6, 6.07) is 7.30. The van der Waals surface area contributed by atoms with Gasteiger partial charge in [0.15, 0.2) is 6.29 Å². The molecule has 2 aromatic rings. The van der Waals surface area contributed by atoms with Crippen LogP contribution in [0.1, 0.15) is 10.4 Å². The average Bonchev–Trinajstić information content (AvgIpc) is 3.02. The molecule has 0 atom stereocenters. The number of hydrogen-bond acceptors (Lipinski definition) is 4. The standard InChI is InChI=1S/C14H17N3O3/c1-19-13(20-2)9-15-14(18)11-5-3-10(4-6-11)12-7-16-17-8-12/h3-8,13H,9H2,1-2H3,(H,15,18)(H,16,17). The summed E-state index contributed by atoms with van der Waals surface area (Å²) >= 11 is 0. The van der Waals surface area contributed by atoms with Crippen molar-refractivity contribution in [3.05, 3.63) is 42.2 Å². The van der Waals surface area contributed by atoms with Gasteiger partial charge in [0.05, 0.1) is 12.7 Å². The van der Waals surface area contributed by atoms with Gasteiger partial charge in [-0.25, -0.2) is 0 Å². The third-order valence-corrected chi connectivity index (χ3v) is 2.93. The zero-order valence-corrected chi connectivity index (χ0v) is 11.4. The predicted octanol–water partition coefficient (Wildman–Crippen LogP) is 1.43. The molecule has 0 aliphatic rings. The summed E-state index contributed by atoms with van der Waals surface area (Å²) in [5.41, 5.74) is 2.57. The fraction of sp³-hybridized carbons (Fsp3) is 0.286. The molecule has 1 aromatic heterocycles. The Bertz CT molecular complexity index is 533. The number of nitrogens with zero attached hydrogens (tertiary/aromatic N) is 1. The lowest BCUT2D eigenvalue weighted by Crippen LogP contribution is -2.34. The molecule has 0 saturated carbocycles. The van der Waals surface area contributed by atoms with Crippen molar-refractivity contribution in [1.29, 1.82) is 0 Å². The molecule has 0 saturated heterocycles. The molecule has 6 heteroatoms. The molecule has 106 valence electrons. The summed E-state index contributed by atoms with van der Waals surface area (Å²) in [5, 5.41) is 9.39. The maximum atomic E-state index is 11.9. The van der Waals surface area contributed by atoms with E-state index in [0.29, 0.717) is 12.1 Å². The number of aromatic nitrogens is 2. The topological polar surface area (TPSA) is 76.2 Å². The summed E-state index contributed by atoms with van der Waals surface area (Å²) in [4.78, 5) is 11.9. The number of aromatic amines is 1. The molecule has 0 bridgehead atoms. The molecular weight excluding hydrogens is 258 g/mol. The van der Waals surface area contributed by atoms with Gasteiger partial charge in [-0.3, -0.25) is 9.89 Å². The van der Waals surface area contributed by atoms with E-state index in [0.717, 1.165) is 11.1 Å². The molecule has 6 nitrogen and oxygen atoms in total. The molecule has 0 spiro atoms. The van der Waals surface area contributed by atoms with E-state index in [1.54, 1.807) is 24.5 Å². The van der Waals surface area contributed by atoms with Crippen molar-refractivity contribution in [3.8, 4) is 11.1 Å². The summed E-state index contributed by atoms with van der Waals surface area (Å²) < 4.78 is 10.0. The number of ether oxygens (including phenoxy) is 2. The van der Waals surface area contributed by atoms with Gasteiger partial charge in [-0.1, -0.05) is 12.1 Å². The molecule has 1 heterocycles. The van der Waals surface area contributed by atoms with E-state index >= 15 is 0 Å². The lowest BCUT2D eigenvalue weighted by molar-refractivity contribution is -0.0974. The van der Waals surface area contributed by atoms with Crippen LogP contribution in [0, 0.1) is 0 Å². The molecule has 2 N–H and O–H groups in total. The maximum Gasteiger partial charge on any atom is 0.251 e. The van der Waals surface area contributed by atoms with Crippen LogP contribution in [0.25, 0.3) is 11.1 Å². The summed E-state index contributed by atoms with van der Waals surface area (Å²) in [6.45, 7) is 0.301. The van der Waals surface area contributed by atoms with Crippen LogP contribution in [0.3, 0.4) is 0 Å². The van der Waals surface area contributed by atoms with E-state index in [1.165, 1.54) is 14.2 Å². The number of nitrogens with one attached hydrogen (secondary N) is 2. The first-order chi connectivity index (χ1) is 9.74. The lowest BCUT2D eigenvalue weighted by Gasteiger charge is -2.14. The van der Waals surface area contributed by atoms with Crippen molar-refractivity contribution in [2.45, 2.75) is 6.29 Å². The van der Waals surface area contributed by atoms with Crippen LogP contribution in [0.15, 0.2) is 36.7 Å². The molecule has 0 radical (unpaired) electrons. The van der Waals surface area contributed by atoms with Crippen molar-refractivity contribution in [2.24, 2.45) is 0 Å². The van der Waals surface area contributed by atoms with Gasteiger partial charge in [0.1, 0.15) is 0 Å².